The standard InChI is InChI=1S/C14H23N3O/c1-10-4-3-7-14(15,9-10)13-16-12(18-17-13)8-11-5-2-6-11/h10-11H,2-9,15H2,1H3. The Morgan fingerprint density at radius 1 is 1.33 bits per heavy atom. The molecule has 1 heterocycles. The van der Waals surface area contributed by atoms with E-state index in [1.807, 2.05) is 0 Å². The number of rotatable bonds is 3. The summed E-state index contributed by atoms with van der Waals surface area (Å²) in [5.41, 5.74) is 6.13. The number of nitrogens with zero attached hydrogens (tertiary/aromatic N) is 2. The molecule has 0 aromatic carbocycles. The summed E-state index contributed by atoms with van der Waals surface area (Å²) < 4.78 is 5.38. The molecule has 2 fully saturated rings. The average molecular weight is 249 g/mol. The first-order chi connectivity index (χ1) is 8.66. The SMILES string of the molecule is CC1CCCC(N)(c2noc(CC3CCC3)n2)C1. The highest BCUT2D eigenvalue weighted by Crippen LogP contribution is 2.37. The molecule has 18 heavy (non-hydrogen) atoms. The Labute approximate surface area is 108 Å². The maximum absolute atomic E-state index is 6.48. The normalized spacial score (nSPS) is 33.3. The fourth-order valence-electron chi connectivity index (χ4n) is 3.28. The van der Waals surface area contributed by atoms with Crippen LogP contribution in [0.5, 0.6) is 0 Å². The van der Waals surface area contributed by atoms with Crippen LogP contribution in [0.1, 0.15) is 63.6 Å². The van der Waals surface area contributed by atoms with E-state index < -0.39 is 0 Å². The second-order valence-electron chi connectivity index (χ2n) is 6.37. The summed E-state index contributed by atoms with van der Waals surface area (Å²) in [6.45, 7) is 2.26. The lowest BCUT2D eigenvalue weighted by atomic mass is 9.76. The summed E-state index contributed by atoms with van der Waals surface area (Å²) in [5.74, 6) is 2.95. The summed E-state index contributed by atoms with van der Waals surface area (Å²) in [4.78, 5) is 4.56. The third-order valence-electron chi connectivity index (χ3n) is 4.63. The molecule has 0 bridgehead atoms. The Bertz CT molecular complexity index is 413. The molecule has 2 saturated carbocycles. The van der Waals surface area contributed by atoms with E-state index in [0.29, 0.717) is 5.92 Å². The first kappa shape index (κ1) is 12.2. The van der Waals surface area contributed by atoms with Crippen molar-refractivity contribution in [1.82, 2.24) is 10.1 Å². The van der Waals surface area contributed by atoms with Gasteiger partial charge in [-0.25, -0.2) is 0 Å². The van der Waals surface area contributed by atoms with Crippen LogP contribution in [0.2, 0.25) is 0 Å². The summed E-state index contributed by atoms with van der Waals surface area (Å²) in [6.07, 6.45) is 9.32. The lowest BCUT2D eigenvalue weighted by Crippen LogP contribution is -2.42. The predicted octanol–water partition coefficient (Wildman–Crippen LogP) is 2.78. The van der Waals surface area contributed by atoms with Crippen molar-refractivity contribution in [2.45, 2.75) is 63.8 Å². The second-order valence-corrected chi connectivity index (χ2v) is 6.37. The van der Waals surface area contributed by atoms with Crippen molar-refractivity contribution in [2.75, 3.05) is 0 Å². The Morgan fingerprint density at radius 2 is 2.17 bits per heavy atom. The molecule has 0 spiro atoms. The van der Waals surface area contributed by atoms with E-state index in [1.165, 1.54) is 32.1 Å². The zero-order valence-corrected chi connectivity index (χ0v) is 11.2. The first-order valence-corrected chi connectivity index (χ1v) is 7.28. The van der Waals surface area contributed by atoms with Crippen LogP contribution in [0.15, 0.2) is 4.52 Å². The molecule has 2 N–H and O–H groups in total. The number of hydrogen-bond donors (Lipinski definition) is 1. The van der Waals surface area contributed by atoms with Crippen LogP contribution in [0.25, 0.3) is 0 Å². The molecular weight excluding hydrogens is 226 g/mol. The Balaban J connectivity index is 1.70. The van der Waals surface area contributed by atoms with Crippen molar-refractivity contribution < 1.29 is 4.52 Å². The van der Waals surface area contributed by atoms with Crippen LogP contribution < -0.4 is 5.73 Å². The Kier molecular flexibility index (Phi) is 3.14. The first-order valence-electron chi connectivity index (χ1n) is 7.28. The van der Waals surface area contributed by atoms with E-state index >= 15 is 0 Å². The van der Waals surface area contributed by atoms with Crippen molar-refractivity contribution in [3.8, 4) is 0 Å². The maximum atomic E-state index is 6.48. The largest absolute Gasteiger partial charge is 0.339 e. The van der Waals surface area contributed by atoms with Gasteiger partial charge in [0.1, 0.15) is 0 Å². The highest BCUT2D eigenvalue weighted by atomic mass is 16.5. The smallest absolute Gasteiger partial charge is 0.226 e. The molecule has 100 valence electrons. The molecule has 2 atom stereocenters. The van der Waals surface area contributed by atoms with Gasteiger partial charge in [-0.3, -0.25) is 0 Å². The Morgan fingerprint density at radius 3 is 2.83 bits per heavy atom. The van der Waals surface area contributed by atoms with Crippen LogP contribution >= 0.6 is 0 Å². The molecular formula is C14H23N3O. The molecule has 0 amide bonds. The summed E-state index contributed by atoms with van der Waals surface area (Å²) >= 11 is 0. The van der Waals surface area contributed by atoms with Gasteiger partial charge in [-0.15, -0.1) is 0 Å². The molecule has 0 radical (unpaired) electrons. The topological polar surface area (TPSA) is 64.9 Å². The minimum absolute atomic E-state index is 0.348. The summed E-state index contributed by atoms with van der Waals surface area (Å²) in [6, 6.07) is 0. The van der Waals surface area contributed by atoms with Gasteiger partial charge in [0.2, 0.25) is 5.89 Å². The van der Waals surface area contributed by atoms with E-state index in [2.05, 4.69) is 17.1 Å². The molecule has 0 aliphatic heterocycles. The van der Waals surface area contributed by atoms with E-state index in [-0.39, 0.29) is 5.54 Å². The van der Waals surface area contributed by atoms with Crippen LogP contribution in [0.3, 0.4) is 0 Å². The number of nitrogens with two attached hydrogens (primary N) is 1. The van der Waals surface area contributed by atoms with Crippen LogP contribution in [0, 0.1) is 11.8 Å². The molecule has 2 aliphatic rings. The molecule has 4 heteroatoms. The van der Waals surface area contributed by atoms with Gasteiger partial charge in [0.15, 0.2) is 5.82 Å². The van der Waals surface area contributed by atoms with E-state index in [1.54, 1.807) is 0 Å². The van der Waals surface area contributed by atoms with Crippen molar-refractivity contribution in [1.29, 1.82) is 0 Å². The minimum atomic E-state index is -0.348. The third-order valence-corrected chi connectivity index (χ3v) is 4.63. The van der Waals surface area contributed by atoms with Crippen LogP contribution in [-0.4, -0.2) is 10.1 Å². The van der Waals surface area contributed by atoms with Gasteiger partial charge >= 0.3 is 0 Å². The van der Waals surface area contributed by atoms with E-state index in [0.717, 1.165) is 36.9 Å². The predicted molar refractivity (Wildman–Crippen MR) is 68.8 cm³/mol. The third kappa shape index (κ3) is 2.30. The monoisotopic (exact) mass is 249 g/mol. The fourth-order valence-corrected chi connectivity index (χ4v) is 3.28. The maximum Gasteiger partial charge on any atom is 0.226 e. The molecule has 4 nitrogen and oxygen atoms in total. The van der Waals surface area contributed by atoms with Gasteiger partial charge in [-0.05, 0) is 37.5 Å². The zero-order valence-electron chi connectivity index (χ0n) is 11.2. The molecule has 1 aromatic heterocycles. The molecule has 3 rings (SSSR count). The van der Waals surface area contributed by atoms with Gasteiger partial charge in [0, 0.05) is 6.42 Å². The molecule has 2 unspecified atom stereocenters. The highest BCUT2D eigenvalue weighted by molar-refractivity contribution is 5.06. The lowest BCUT2D eigenvalue weighted by molar-refractivity contribution is 0.220. The zero-order chi connectivity index (χ0) is 12.6. The number of aromatic nitrogens is 2. The van der Waals surface area contributed by atoms with E-state index in [4.69, 9.17) is 10.3 Å². The van der Waals surface area contributed by atoms with Crippen molar-refractivity contribution in [2.24, 2.45) is 17.6 Å². The van der Waals surface area contributed by atoms with Gasteiger partial charge < -0.3 is 10.3 Å². The van der Waals surface area contributed by atoms with Crippen LogP contribution in [-0.2, 0) is 12.0 Å². The molecule has 0 saturated heterocycles. The van der Waals surface area contributed by atoms with E-state index in [9.17, 15) is 0 Å². The average Bonchev–Trinajstić information content (AvgIpc) is 2.72. The quantitative estimate of drug-likeness (QED) is 0.894. The summed E-state index contributed by atoms with van der Waals surface area (Å²) in [7, 11) is 0. The van der Waals surface area contributed by atoms with Gasteiger partial charge in [0.05, 0.1) is 5.54 Å². The van der Waals surface area contributed by atoms with Crippen molar-refractivity contribution in [3.05, 3.63) is 11.7 Å². The van der Waals surface area contributed by atoms with Crippen LogP contribution in [0.4, 0.5) is 0 Å². The second kappa shape index (κ2) is 4.65. The van der Waals surface area contributed by atoms with Crippen molar-refractivity contribution in [3.63, 3.8) is 0 Å². The lowest BCUT2D eigenvalue weighted by Gasteiger charge is -2.33. The molecule has 2 aliphatic carbocycles. The minimum Gasteiger partial charge on any atom is -0.339 e. The van der Waals surface area contributed by atoms with Crippen molar-refractivity contribution >= 4 is 0 Å². The van der Waals surface area contributed by atoms with Gasteiger partial charge in [-0.1, -0.05) is 31.3 Å². The summed E-state index contributed by atoms with van der Waals surface area (Å²) in [5, 5.41) is 4.15. The van der Waals surface area contributed by atoms with Gasteiger partial charge in [0.25, 0.3) is 0 Å². The van der Waals surface area contributed by atoms with Gasteiger partial charge in [-0.2, -0.15) is 4.98 Å². The molecule has 1 aromatic rings. The number of hydrogen-bond acceptors (Lipinski definition) is 4. The fraction of sp³-hybridized carbons (Fsp3) is 0.857. The highest BCUT2D eigenvalue weighted by Gasteiger charge is 2.37. The Hall–Kier alpha value is -0.900.